The van der Waals surface area contributed by atoms with E-state index >= 15 is 0 Å². The molecule has 0 saturated heterocycles. The van der Waals surface area contributed by atoms with Crippen LogP contribution in [0.3, 0.4) is 0 Å². The van der Waals surface area contributed by atoms with Crippen molar-refractivity contribution in [3.05, 3.63) is 145 Å². The summed E-state index contributed by atoms with van der Waals surface area (Å²) in [5.41, 5.74) is 9.23. The van der Waals surface area contributed by atoms with Gasteiger partial charge in [-0.3, -0.25) is 4.57 Å². The maximum Gasteiger partial charge on any atom is 0.238 e. The molecule has 0 saturated carbocycles. The smallest absolute Gasteiger partial charge is 0.238 e. The second kappa shape index (κ2) is 9.68. The molecule has 1 aliphatic carbocycles. The Morgan fingerprint density at radius 1 is 0.574 bits per heavy atom. The van der Waals surface area contributed by atoms with Crippen LogP contribution < -0.4 is 0 Å². The fourth-order valence-corrected chi connectivity index (χ4v) is 9.06. The molecule has 0 atom stereocenters. The van der Waals surface area contributed by atoms with Crippen LogP contribution in [0.1, 0.15) is 25.0 Å². The standard InChI is InChI=1S/C42H28N4S/c1-42(2)30-22-12-9-19-27(30)33-36(42)34-29-21-11-14-24-32(29)47-38(34)35-28-20-10-13-23-31(28)46(37(33)35)41-44-39(25-15-5-3-6-16-25)43-40(45-41)26-17-7-4-8-18-26/h3-24H,1-2H3. The van der Waals surface area contributed by atoms with E-state index in [9.17, 15) is 0 Å². The molecule has 0 radical (unpaired) electrons. The predicted molar refractivity (Wildman–Crippen MR) is 195 cm³/mol. The van der Waals surface area contributed by atoms with Crippen LogP contribution in [0.2, 0.25) is 0 Å². The summed E-state index contributed by atoms with van der Waals surface area (Å²) in [5, 5.41) is 5.14. The Kier molecular flexibility index (Phi) is 5.47. The fourth-order valence-electron chi connectivity index (χ4n) is 7.79. The molecule has 0 bridgehead atoms. The molecule has 0 aliphatic heterocycles. The van der Waals surface area contributed by atoms with Gasteiger partial charge in [0.25, 0.3) is 0 Å². The zero-order chi connectivity index (χ0) is 31.3. The predicted octanol–water partition coefficient (Wildman–Crippen LogP) is 11.0. The molecule has 10 rings (SSSR count). The molecule has 0 unspecified atom stereocenters. The lowest BCUT2D eigenvalue weighted by Gasteiger charge is -2.23. The summed E-state index contributed by atoms with van der Waals surface area (Å²) in [6.07, 6.45) is 0. The third-order valence-corrected chi connectivity index (χ3v) is 11.0. The Morgan fingerprint density at radius 2 is 1.17 bits per heavy atom. The summed E-state index contributed by atoms with van der Waals surface area (Å²) in [5.74, 6) is 1.93. The number of fused-ring (bicyclic) bond motifs is 12. The summed E-state index contributed by atoms with van der Waals surface area (Å²) >= 11 is 1.89. The molecule has 0 fully saturated rings. The number of nitrogens with zero attached hydrogens (tertiary/aromatic N) is 4. The topological polar surface area (TPSA) is 43.6 Å². The van der Waals surface area contributed by atoms with Crippen molar-refractivity contribution in [3.63, 3.8) is 0 Å². The molecule has 1 aliphatic rings. The van der Waals surface area contributed by atoms with Gasteiger partial charge in [0.2, 0.25) is 5.95 Å². The molecular weight excluding hydrogens is 593 g/mol. The van der Waals surface area contributed by atoms with Gasteiger partial charge in [0.15, 0.2) is 11.6 Å². The van der Waals surface area contributed by atoms with E-state index in [0.717, 1.165) is 22.2 Å². The van der Waals surface area contributed by atoms with Crippen molar-refractivity contribution >= 4 is 53.3 Å². The highest BCUT2D eigenvalue weighted by Gasteiger charge is 2.41. The van der Waals surface area contributed by atoms with E-state index in [-0.39, 0.29) is 5.41 Å². The van der Waals surface area contributed by atoms with Crippen molar-refractivity contribution in [1.82, 2.24) is 19.5 Å². The number of aromatic nitrogens is 4. The van der Waals surface area contributed by atoms with Crippen molar-refractivity contribution in [1.29, 1.82) is 0 Å². The van der Waals surface area contributed by atoms with E-state index in [4.69, 9.17) is 15.0 Å². The average Bonchev–Trinajstić information content (AvgIpc) is 3.75. The Balaban J connectivity index is 1.44. The van der Waals surface area contributed by atoms with Crippen molar-refractivity contribution < 1.29 is 0 Å². The first-order chi connectivity index (χ1) is 23.1. The molecule has 222 valence electrons. The SMILES string of the molecule is CC1(C)c2ccccc2-c2c1c1c3ccccc3sc1c1c3ccccc3n(-c3nc(-c4ccccc4)nc(-c4ccccc4)n3)c21. The lowest BCUT2D eigenvalue weighted by atomic mass is 9.80. The van der Waals surface area contributed by atoms with Crippen molar-refractivity contribution in [3.8, 4) is 39.9 Å². The van der Waals surface area contributed by atoms with Gasteiger partial charge in [-0.05, 0) is 28.8 Å². The van der Waals surface area contributed by atoms with E-state index in [0.29, 0.717) is 17.6 Å². The maximum atomic E-state index is 5.26. The Hall–Kier alpha value is -5.65. The number of rotatable bonds is 3. The van der Waals surface area contributed by atoms with Gasteiger partial charge in [-0.2, -0.15) is 9.97 Å². The van der Waals surface area contributed by atoms with E-state index in [1.807, 2.05) is 47.7 Å². The Bertz CT molecular complexity index is 2640. The second-order valence-electron chi connectivity index (χ2n) is 12.8. The third-order valence-electron chi connectivity index (χ3n) is 9.82. The zero-order valence-corrected chi connectivity index (χ0v) is 26.7. The second-order valence-corrected chi connectivity index (χ2v) is 13.9. The van der Waals surface area contributed by atoms with Gasteiger partial charge in [0, 0.05) is 53.1 Å². The van der Waals surface area contributed by atoms with Gasteiger partial charge in [-0.1, -0.05) is 135 Å². The largest absolute Gasteiger partial charge is 0.277 e. The first kappa shape index (κ1) is 26.6. The van der Waals surface area contributed by atoms with Crippen LogP contribution in [0.25, 0.3) is 81.8 Å². The third kappa shape index (κ3) is 3.66. The summed E-state index contributed by atoms with van der Waals surface area (Å²) in [4.78, 5) is 15.5. The van der Waals surface area contributed by atoms with Crippen LogP contribution >= 0.6 is 11.3 Å². The number of para-hydroxylation sites is 1. The van der Waals surface area contributed by atoms with Gasteiger partial charge in [0.1, 0.15) is 0 Å². The van der Waals surface area contributed by atoms with Crippen molar-refractivity contribution in [2.45, 2.75) is 19.3 Å². The molecule has 3 aromatic heterocycles. The monoisotopic (exact) mass is 620 g/mol. The lowest BCUT2D eigenvalue weighted by Crippen LogP contribution is -2.15. The summed E-state index contributed by atoms with van der Waals surface area (Å²) in [6, 6.07) is 47.0. The maximum absolute atomic E-state index is 5.26. The fraction of sp³-hybridized carbons (Fsp3) is 0.0714. The molecule has 0 amide bonds. The van der Waals surface area contributed by atoms with Crippen LogP contribution in [0.4, 0.5) is 0 Å². The van der Waals surface area contributed by atoms with Crippen LogP contribution in [-0.4, -0.2) is 19.5 Å². The number of benzene rings is 6. The van der Waals surface area contributed by atoms with Gasteiger partial charge in [-0.25, -0.2) is 4.98 Å². The van der Waals surface area contributed by atoms with E-state index < -0.39 is 0 Å². The minimum Gasteiger partial charge on any atom is -0.277 e. The van der Waals surface area contributed by atoms with Crippen LogP contribution in [0.5, 0.6) is 0 Å². The number of hydrogen-bond acceptors (Lipinski definition) is 4. The summed E-state index contributed by atoms with van der Waals surface area (Å²) in [6.45, 7) is 4.76. The highest BCUT2D eigenvalue weighted by atomic mass is 32.1. The Labute approximate surface area is 275 Å². The average molecular weight is 621 g/mol. The molecule has 47 heavy (non-hydrogen) atoms. The zero-order valence-electron chi connectivity index (χ0n) is 25.9. The first-order valence-corrected chi connectivity index (χ1v) is 16.8. The normalized spacial score (nSPS) is 13.5. The molecule has 3 heterocycles. The molecule has 6 aromatic carbocycles. The highest BCUT2D eigenvalue weighted by Crippen LogP contribution is 2.58. The van der Waals surface area contributed by atoms with E-state index in [2.05, 4.69) is 115 Å². The molecule has 0 spiro atoms. The molecule has 4 nitrogen and oxygen atoms in total. The van der Waals surface area contributed by atoms with Crippen molar-refractivity contribution in [2.75, 3.05) is 0 Å². The number of hydrogen-bond donors (Lipinski definition) is 0. The van der Waals surface area contributed by atoms with Crippen LogP contribution in [0, 0.1) is 0 Å². The molecular formula is C42H28N4S. The van der Waals surface area contributed by atoms with Gasteiger partial charge in [0.05, 0.1) is 11.0 Å². The van der Waals surface area contributed by atoms with Gasteiger partial charge >= 0.3 is 0 Å². The lowest BCUT2D eigenvalue weighted by molar-refractivity contribution is 0.667. The van der Waals surface area contributed by atoms with Crippen LogP contribution in [-0.2, 0) is 5.41 Å². The van der Waals surface area contributed by atoms with E-state index in [1.54, 1.807) is 0 Å². The summed E-state index contributed by atoms with van der Waals surface area (Å²) in [7, 11) is 0. The van der Waals surface area contributed by atoms with E-state index in [1.165, 1.54) is 53.2 Å². The number of thiophene rings is 1. The van der Waals surface area contributed by atoms with Gasteiger partial charge < -0.3 is 0 Å². The summed E-state index contributed by atoms with van der Waals surface area (Å²) < 4.78 is 4.93. The minimum absolute atomic E-state index is 0.201. The van der Waals surface area contributed by atoms with Crippen LogP contribution in [0.15, 0.2) is 133 Å². The minimum atomic E-state index is -0.201. The van der Waals surface area contributed by atoms with Crippen molar-refractivity contribution in [2.24, 2.45) is 0 Å². The molecule has 9 aromatic rings. The van der Waals surface area contributed by atoms with Gasteiger partial charge in [-0.15, -0.1) is 11.3 Å². The molecule has 0 N–H and O–H groups in total. The first-order valence-electron chi connectivity index (χ1n) is 16.0. The highest BCUT2D eigenvalue weighted by molar-refractivity contribution is 7.26. The quantitative estimate of drug-likeness (QED) is 0.197. The molecule has 5 heteroatoms. The Morgan fingerprint density at radius 3 is 1.89 bits per heavy atom.